The van der Waals surface area contributed by atoms with Gasteiger partial charge in [-0.2, -0.15) is 0 Å². The summed E-state index contributed by atoms with van der Waals surface area (Å²) in [6, 6.07) is 0.328. The van der Waals surface area contributed by atoms with Crippen LogP contribution < -0.4 is 5.32 Å². The van der Waals surface area contributed by atoms with Gasteiger partial charge in [-0.3, -0.25) is 4.40 Å². The fourth-order valence-corrected chi connectivity index (χ4v) is 3.03. The van der Waals surface area contributed by atoms with Crippen molar-refractivity contribution in [3.8, 4) is 0 Å². The standard InChI is InChI=1S/C13H21N3OS/c1-4-12(17-3)11(14-5-2)8-10-9-16-6-7-18-13(16)15-10/h6-7,9,11-12,14H,4-5,8H2,1-3H3. The second-order valence-electron chi connectivity index (χ2n) is 4.38. The van der Waals surface area contributed by atoms with Crippen LogP contribution in [0.25, 0.3) is 4.96 Å². The van der Waals surface area contributed by atoms with Crippen molar-refractivity contribution < 1.29 is 4.74 Å². The number of nitrogens with zero attached hydrogens (tertiary/aromatic N) is 2. The Balaban J connectivity index is 2.10. The average Bonchev–Trinajstić information content (AvgIpc) is 2.91. The van der Waals surface area contributed by atoms with Gasteiger partial charge in [0.2, 0.25) is 0 Å². The molecule has 5 heteroatoms. The van der Waals surface area contributed by atoms with Crippen LogP contribution in [0.15, 0.2) is 17.8 Å². The Morgan fingerprint density at radius 1 is 1.50 bits per heavy atom. The van der Waals surface area contributed by atoms with Gasteiger partial charge in [0, 0.05) is 37.3 Å². The number of fused-ring (bicyclic) bond motifs is 1. The number of thiazole rings is 1. The third kappa shape index (κ3) is 2.91. The molecule has 2 unspecified atom stereocenters. The fourth-order valence-electron chi connectivity index (χ4n) is 2.31. The van der Waals surface area contributed by atoms with Crippen molar-refractivity contribution in [3.05, 3.63) is 23.5 Å². The summed E-state index contributed by atoms with van der Waals surface area (Å²) in [6.07, 6.45) is 6.32. The first-order valence-electron chi connectivity index (χ1n) is 6.45. The van der Waals surface area contributed by atoms with E-state index in [2.05, 4.69) is 40.1 Å². The number of ether oxygens (including phenoxy) is 1. The molecule has 0 aliphatic heterocycles. The van der Waals surface area contributed by atoms with Crippen LogP contribution in [-0.2, 0) is 11.2 Å². The number of methoxy groups -OCH3 is 1. The molecular weight excluding hydrogens is 246 g/mol. The van der Waals surface area contributed by atoms with Gasteiger partial charge in [0.25, 0.3) is 0 Å². The highest BCUT2D eigenvalue weighted by Crippen LogP contribution is 2.15. The molecule has 0 radical (unpaired) electrons. The van der Waals surface area contributed by atoms with E-state index in [-0.39, 0.29) is 6.10 Å². The lowest BCUT2D eigenvalue weighted by molar-refractivity contribution is 0.0656. The van der Waals surface area contributed by atoms with Gasteiger partial charge in [-0.05, 0) is 13.0 Å². The zero-order chi connectivity index (χ0) is 13.0. The molecule has 1 N–H and O–H groups in total. The van der Waals surface area contributed by atoms with E-state index >= 15 is 0 Å². The van der Waals surface area contributed by atoms with Crippen LogP contribution in [0.5, 0.6) is 0 Å². The lowest BCUT2D eigenvalue weighted by atomic mass is 10.0. The van der Waals surface area contributed by atoms with Crippen LogP contribution in [0, 0.1) is 0 Å². The van der Waals surface area contributed by atoms with Crippen LogP contribution in [0.1, 0.15) is 26.0 Å². The van der Waals surface area contributed by atoms with Crippen molar-refractivity contribution in [1.29, 1.82) is 0 Å². The van der Waals surface area contributed by atoms with Crippen LogP contribution in [0.3, 0.4) is 0 Å². The van der Waals surface area contributed by atoms with Gasteiger partial charge in [0.1, 0.15) is 0 Å². The van der Waals surface area contributed by atoms with E-state index in [1.54, 1.807) is 18.4 Å². The first-order valence-corrected chi connectivity index (χ1v) is 7.33. The highest BCUT2D eigenvalue weighted by atomic mass is 32.1. The van der Waals surface area contributed by atoms with E-state index in [0.717, 1.165) is 30.0 Å². The van der Waals surface area contributed by atoms with Crippen LogP contribution in [0.2, 0.25) is 0 Å². The molecule has 18 heavy (non-hydrogen) atoms. The summed E-state index contributed by atoms with van der Waals surface area (Å²) in [5.74, 6) is 0. The fraction of sp³-hybridized carbons (Fsp3) is 0.615. The van der Waals surface area contributed by atoms with Crippen LogP contribution >= 0.6 is 11.3 Å². The van der Waals surface area contributed by atoms with Gasteiger partial charge in [0.05, 0.1) is 11.8 Å². The Bertz CT molecular complexity index is 447. The minimum Gasteiger partial charge on any atom is -0.380 e. The average molecular weight is 267 g/mol. The van der Waals surface area contributed by atoms with E-state index in [1.165, 1.54) is 0 Å². The van der Waals surface area contributed by atoms with Gasteiger partial charge in [-0.15, -0.1) is 11.3 Å². The lowest BCUT2D eigenvalue weighted by Gasteiger charge is -2.25. The maximum absolute atomic E-state index is 5.55. The molecule has 2 aromatic rings. The van der Waals surface area contributed by atoms with Gasteiger partial charge in [-0.25, -0.2) is 4.98 Å². The maximum atomic E-state index is 5.55. The van der Waals surface area contributed by atoms with Crippen molar-refractivity contribution in [1.82, 2.24) is 14.7 Å². The number of imidazole rings is 1. The molecule has 0 aliphatic rings. The number of nitrogens with one attached hydrogen (secondary N) is 1. The molecule has 100 valence electrons. The number of aromatic nitrogens is 2. The summed E-state index contributed by atoms with van der Waals surface area (Å²) in [5, 5.41) is 5.55. The van der Waals surface area contributed by atoms with E-state index in [1.807, 2.05) is 6.20 Å². The van der Waals surface area contributed by atoms with Gasteiger partial charge >= 0.3 is 0 Å². The molecule has 4 nitrogen and oxygen atoms in total. The third-order valence-corrected chi connectivity index (χ3v) is 3.96. The van der Waals surface area contributed by atoms with Crippen molar-refractivity contribution in [2.45, 2.75) is 38.8 Å². The number of hydrogen-bond donors (Lipinski definition) is 1. The molecule has 0 saturated heterocycles. The summed E-state index contributed by atoms with van der Waals surface area (Å²) in [7, 11) is 1.78. The molecule has 0 aliphatic carbocycles. The van der Waals surface area contributed by atoms with E-state index in [9.17, 15) is 0 Å². The molecule has 2 atom stereocenters. The minimum absolute atomic E-state index is 0.240. The molecule has 0 spiro atoms. The molecule has 0 aromatic carbocycles. The highest BCUT2D eigenvalue weighted by molar-refractivity contribution is 7.15. The maximum Gasteiger partial charge on any atom is 0.193 e. The zero-order valence-corrected chi connectivity index (χ0v) is 12.0. The molecule has 0 bridgehead atoms. The Kier molecular flexibility index (Phi) is 4.74. The summed E-state index contributed by atoms with van der Waals surface area (Å²) in [4.78, 5) is 5.69. The Morgan fingerprint density at radius 2 is 2.33 bits per heavy atom. The van der Waals surface area contributed by atoms with Gasteiger partial charge in [-0.1, -0.05) is 13.8 Å². The SMILES string of the molecule is CCNC(Cc1cn2ccsc2n1)C(CC)OC. The predicted molar refractivity (Wildman–Crippen MR) is 75.3 cm³/mol. The first kappa shape index (κ1) is 13.5. The van der Waals surface area contributed by atoms with Crippen molar-refractivity contribution in [2.75, 3.05) is 13.7 Å². The van der Waals surface area contributed by atoms with Crippen molar-refractivity contribution in [2.24, 2.45) is 0 Å². The number of rotatable bonds is 7. The van der Waals surface area contributed by atoms with Crippen LogP contribution in [-0.4, -0.2) is 35.2 Å². The summed E-state index contributed by atoms with van der Waals surface area (Å²) in [5.41, 5.74) is 1.13. The topological polar surface area (TPSA) is 38.6 Å². The largest absolute Gasteiger partial charge is 0.380 e. The molecule has 2 heterocycles. The van der Waals surface area contributed by atoms with Crippen molar-refractivity contribution in [3.63, 3.8) is 0 Å². The molecule has 0 saturated carbocycles. The predicted octanol–water partition coefficient (Wildman–Crippen LogP) is 2.34. The molecule has 0 fully saturated rings. The number of likely N-dealkylation sites (N-methyl/N-ethyl adjacent to an activating group) is 1. The molecule has 2 rings (SSSR count). The monoisotopic (exact) mass is 267 g/mol. The molecular formula is C13H21N3OS. The second-order valence-corrected chi connectivity index (χ2v) is 5.25. The number of hydrogen-bond acceptors (Lipinski definition) is 4. The Morgan fingerprint density at radius 3 is 2.94 bits per heavy atom. The second kappa shape index (κ2) is 6.31. The van der Waals surface area contributed by atoms with Gasteiger partial charge < -0.3 is 10.1 Å². The quantitative estimate of drug-likeness (QED) is 0.837. The normalized spacial score (nSPS) is 15.1. The zero-order valence-electron chi connectivity index (χ0n) is 11.2. The molecule has 0 amide bonds. The van der Waals surface area contributed by atoms with E-state index in [0.29, 0.717) is 6.04 Å². The third-order valence-electron chi connectivity index (χ3n) is 3.19. The lowest BCUT2D eigenvalue weighted by Crippen LogP contribution is -2.42. The highest BCUT2D eigenvalue weighted by Gasteiger charge is 2.20. The first-order chi connectivity index (χ1) is 8.78. The van der Waals surface area contributed by atoms with Crippen molar-refractivity contribution >= 4 is 16.3 Å². The van der Waals surface area contributed by atoms with E-state index in [4.69, 9.17) is 4.74 Å². The van der Waals surface area contributed by atoms with E-state index < -0.39 is 0 Å². The molecule has 2 aromatic heterocycles. The minimum atomic E-state index is 0.240. The van der Waals surface area contributed by atoms with Gasteiger partial charge in [0.15, 0.2) is 4.96 Å². The van der Waals surface area contributed by atoms with Crippen LogP contribution in [0.4, 0.5) is 0 Å². The Hall–Kier alpha value is -0.910. The summed E-state index contributed by atoms with van der Waals surface area (Å²) < 4.78 is 7.63. The Labute approximate surface area is 112 Å². The summed E-state index contributed by atoms with van der Waals surface area (Å²) >= 11 is 1.67. The summed E-state index contributed by atoms with van der Waals surface area (Å²) in [6.45, 7) is 5.23. The smallest absolute Gasteiger partial charge is 0.193 e.